The highest BCUT2D eigenvalue weighted by atomic mass is 16.6. The number of piperidine rings is 1. The minimum absolute atomic E-state index is 0.106. The first kappa shape index (κ1) is 13.3. The summed E-state index contributed by atoms with van der Waals surface area (Å²) < 4.78 is 0. The molecule has 5 heteroatoms. The Morgan fingerprint density at radius 1 is 1.42 bits per heavy atom. The highest BCUT2D eigenvalue weighted by Crippen LogP contribution is 2.31. The van der Waals surface area contributed by atoms with Crippen molar-refractivity contribution in [3.63, 3.8) is 0 Å². The first-order valence-electron chi connectivity index (χ1n) is 6.48. The zero-order valence-corrected chi connectivity index (χ0v) is 11.2. The Morgan fingerprint density at radius 2 is 2.16 bits per heavy atom. The minimum atomic E-state index is -0.486. The van der Waals surface area contributed by atoms with Crippen molar-refractivity contribution >= 4 is 11.4 Å². The van der Waals surface area contributed by atoms with Gasteiger partial charge in [0.2, 0.25) is 0 Å². The number of benzene rings is 1. The van der Waals surface area contributed by atoms with E-state index >= 15 is 0 Å². The molecule has 1 aromatic rings. The molecule has 0 spiro atoms. The molecule has 5 nitrogen and oxygen atoms in total. The van der Waals surface area contributed by atoms with Crippen LogP contribution >= 0.6 is 0 Å². The van der Waals surface area contributed by atoms with Crippen LogP contribution in [0.15, 0.2) is 18.2 Å². The summed E-state index contributed by atoms with van der Waals surface area (Å²) in [5.74, 6) is 0.589. The maximum absolute atomic E-state index is 11.0. The van der Waals surface area contributed by atoms with Gasteiger partial charge in [0.1, 0.15) is 11.6 Å². The van der Waals surface area contributed by atoms with Gasteiger partial charge in [-0.2, -0.15) is 5.26 Å². The van der Waals surface area contributed by atoms with Crippen molar-refractivity contribution in [3.05, 3.63) is 33.9 Å². The summed E-state index contributed by atoms with van der Waals surface area (Å²) in [4.78, 5) is 12.7. The zero-order valence-electron chi connectivity index (χ0n) is 11.2. The SMILES string of the molecule is CC1CCC(C)N(c2ccc(C#N)c([N+](=O)[O-])c2)C1. The van der Waals surface area contributed by atoms with E-state index in [-0.39, 0.29) is 11.3 Å². The van der Waals surface area contributed by atoms with Crippen molar-refractivity contribution in [3.8, 4) is 6.07 Å². The fourth-order valence-corrected chi connectivity index (χ4v) is 2.59. The molecule has 0 saturated carbocycles. The van der Waals surface area contributed by atoms with E-state index in [1.165, 1.54) is 12.5 Å². The van der Waals surface area contributed by atoms with Crippen LogP contribution in [0.5, 0.6) is 0 Å². The zero-order chi connectivity index (χ0) is 14.0. The van der Waals surface area contributed by atoms with Crippen LogP contribution in [-0.4, -0.2) is 17.5 Å². The van der Waals surface area contributed by atoms with Crippen molar-refractivity contribution < 1.29 is 4.92 Å². The number of rotatable bonds is 2. The Kier molecular flexibility index (Phi) is 3.70. The summed E-state index contributed by atoms with van der Waals surface area (Å²) in [6.45, 7) is 5.23. The van der Waals surface area contributed by atoms with Crippen molar-refractivity contribution in [1.82, 2.24) is 0 Å². The van der Waals surface area contributed by atoms with Gasteiger partial charge >= 0.3 is 0 Å². The van der Waals surface area contributed by atoms with Gasteiger partial charge in [0.05, 0.1) is 4.92 Å². The number of hydrogen-bond acceptors (Lipinski definition) is 4. The van der Waals surface area contributed by atoms with Gasteiger partial charge in [-0.1, -0.05) is 6.92 Å². The van der Waals surface area contributed by atoms with Crippen molar-refractivity contribution in [2.75, 3.05) is 11.4 Å². The molecule has 1 aromatic carbocycles. The van der Waals surface area contributed by atoms with Crippen LogP contribution in [0.1, 0.15) is 32.3 Å². The number of anilines is 1. The Bertz CT molecular complexity index is 536. The molecule has 1 saturated heterocycles. The molecule has 0 N–H and O–H groups in total. The predicted octanol–water partition coefficient (Wildman–Crippen LogP) is 3.09. The molecule has 1 heterocycles. The highest BCUT2D eigenvalue weighted by molar-refractivity contribution is 5.60. The summed E-state index contributed by atoms with van der Waals surface area (Å²) >= 11 is 0. The fraction of sp³-hybridized carbons (Fsp3) is 0.500. The molecule has 0 bridgehead atoms. The lowest BCUT2D eigenvalue weighted by molar-refractivity contribution is -0.385. The summed E-state index contributed by atoms with van der Waals surface area (Å²) in [5, 5.41) is 19.9. The largest absolute Gasteiger partial charge is 0.368 e. The van der Waals surface area contributed by atoms with E-state index < -0.39 is 4.92 Å². The standard InChI is InChI=1S/C14H17N3O2/c1-10-3-4-11(2)16(9-10)13-6-5-12(8-15)14(7-13)17(18)19/h5-7,10-11H,3-4,9H2,1-2H3. The molecule has 2 unspecified atom stereocenters. The normalized spacial score (nSPS) is 22.9. The van der Waals surface area contributed by atoms with Crippen molar-refractivity contribution in [2.45, 2.75) is 32.7 Å². The number of nitriles is 1. The lowest BCUT2D eigenvalue weighted by atomic mass is 9.94. The van der Waals surface area contributed by atoms with E-state index in [1.807, 2.05) is 6.07 Å². The number of nitro benzene ring substituents is 1. The van der Waals surface area contributed by atoms with Gasteiger partial charge in [0, 0.05) is 24.3 Å². The molecule has 0 aromatic heterocycles. The second-order valence-electron chi connectivity index (χ2n) is 5.25. The Hall–Kier alpha value is -2.09. The van der Waals surface area contributed by atoms with E-state index in [2.05, 4.69) is 18.7 Å². The number of nitrogens with zero attached hydrogens (tertiary/aromatic N) is 3. The summed E-state index contributed by atoms with van der Waals surface area (Å²) in [5.41, 5.74) is 0.849. The third-order valence-electron chi connectivity index (χ3n) is 3.75. The van der Waals surface area contributed by atoms with Crippen LogP contribution in [-0.2, 0) is 0 Å². The molecule has 19 heavy (non-hydrogen) atoms. The molecule has 1 aliphatic rings. The van der Waals surface area contributed by atoms with Gasteiger partial charge in [0.15, 0.2) is 0 Å². The van der Waals surface area contributed by atoms with E-state index in [9.17, 15) is 10.1 Å². The van der Waals surface area contributed by atoms with E-state index in [0.717, 1.165) is 18.7 Å². The quantitative estimate of drug-likeness (QED) is 0.604. The maximum atomic E-state index is 11.0. The van der Waals surface area contributed by atoms with Gasteiger partial charge in [-0.3, -0.25) is 10.1 Å². The number of nitro groups is 1. The molecule has 2 atom stereocenters. The van der Waals surface area contributed by atoms with Crippen LogP contribution in [0.3, 0.4) is 0 Å². The van der Waals surface area contributed by atoms with Crippen LogP contribution in [0.4, 0.5) is 11.4 Å². The molecule has 2 rings (SSSR count). The smallest absolute Gasteiger partial charge is 0.289 e. The average Bonchev–Trinajstić information content (AvgIpc) is 2.40. The van der Waals surface area contributed by atoms with Crippen LogP contribution in [0.2, 0.25) is 0 Å². The average molecular weight is 259 g/mol. The lowest BCUT2D eigenvalue weighted by Gasteiger charge is -2.38. The summed E-state index contributed by atoms with van der Waals surface area (Å²) in [7, 11) is 0. The molecule has 1 fully saturated rings. The molecule has 0 amide bonds. The highest BCUT2D eigenvalue weighted by Gasteiger charge is 2.25. The van der Waals surface area contributed by atoms with Crippen molar-refractivity contribution in [2.24, 2.45) is 5.92 Å². The number of hydrogen-bond donors (Lipinski definition) is 0. The van der Waals surface area contributed by atoms with Crippen LogP contribution < -0.4 is 4.90 Å². The molecule has 0 aliphatic carbocycles. The third-order valence-corrected chi connectivity index (χ3v) is 3.75. The topological polar surface area (TPSA) is 70.2 Å². The fourth-order valence-electron chi connectivity index (χ4n) is 2.59. The molecular formula is C14H17N3O2. The van der Waals surface area contributed by atoms with E-state index in [4.69, 9.17) is 5.26 Å². The Balaban J connectivity index is 2.37. The maximum Gasteiger partial charge on any atom is 0.289 e. The van der Waals surface area contributed by atoms with Gasteiger partial charge in [-0.25, -0.2) is 0 Å². The first-order chi connectivity index (χ1) is 9.02. The second kappa shape index (κ2) is 5.27. The van der Waals surface area contributed by atoms with Crippen LogP contribution in [0.25, 0.3) is 0 Å². The minimum Gasteiger partial charge on any atom is -0.368 e. The van der Waals surface area contributed by atoms with Gasteiger partial charge < -0.3 is 4.90 Å². The van der Waals surface area contributed by atoms with Gasteiger partial charge in [-0.15, -0.1) is 0 Å². The molecular weight excluding hydrogens is 242 g/mol. The van der Waals surface area contributed by atoms with Gasteiger partial charge in [0.25, 0.3) is 5.69 Å². The molecule has 0 radical (unpaired) electrons. The van der Waals surface area contributed by atoms with E-state index in [1.54, 1.807) is 12.1 Å². The second-order valence-corrected chi connectivity index (χ2v) is 5.25. The first-order valence-corrected chi connectivity index (χ1v) is 6.48. The van der Waals surface area contributed by atoms with Gasteiger partial charge in [-0.05, 0) is 37.8 Å². The third kappa shape index (κ3) is 2.68. The lowest BCUT2D eigenvalue weighted by Crippen LogP contribution is -2.41. The van der Waals surface area contributed by atoms with Crippen LogP contribution in [0, 0.1) is 27.4 Å². The predicted molar refractivity (Wildman–Crippen MR) is 73.0 cm³/mol. The summed E-state index contributed by atoms with van der Waals surface area (Å²) in [6, 6.07) is 7.11. The Morgan fingerprint density at radius 3 is 2.79 bits per heavy atom. The monoisotopic (exact) mass is 259 g/mol. The van der Waals surface area contributed by atoms with E-state index in [0.29, 0.717) is 12.0 Å². The molecule has 1 aliphatic heterocycles. The Labute approximate surface area is 112 Å². The molecule has 100 valence electrons. The summed E-state index contributed by atoms with van der Waals surface area (Å²) in [6.07, 6.45) is 2.28. The van der Waals surface area contributed by atoms with Crippen molar-refractivity contribution in [1.29, 1.82) is 5.26 Å².